The molecule has 59 heavy (non-hydrogen) atoms. The third-order valence-electron chi connectivity index (χ3n) is 11.7. The van der Waals surface area contributed by atoms with Gasteiger partial charge in [0, 0.05) is 33.4 Å². The van der Waals surface area contributed by atoms with Crippen molar-refractivity contribution in [2.24, 2.45) is 0 Å². The molecule has 0 spiro atoms. The Bertz CT molecular complexity index is 3110. The molecule has 6 nitrogen and oxygen atoms in total. The monoisotopic (exact) mass is 767 g/mol. The highest BCUT2D eigenvalue weighted by Crippen LogP contribution is 2.61. The number of para-hydroxylation sites is 7. The lowest BCUT2D eigenvalue weighted by molar-refractivity contribution is 0.475. The summed E-state index contributed by atoms with van der Waals surface area (Å²) in [5.41, 5.74) is 14.5. The zero-order valence-electron chi connectivity index (χ0n) is 33.3. The second-order valence-corrected chi connectivity index (χ2v) is 15.6. The number of ether oxygens (including phenoxy) is 2. The van der Waals surface area contributed by atoms with Crippen molar-refractivity contribution in [3.63, 3.8) is 0 Å². The van der Waals surface area contributed by atoms with Gasteiger partial charge in [0.05, 0.1) is 28.4 Å². The van der Waals surface area contributed by atoms with E-state index in [-0.39, 0.29) is 0 Å². The molecule has 2 aliphatic heterocycles. The van der Waals surface area contributed by atoms with Crippen molar-refractivity contribution in [3.8, 4) is 23.0 Å². The lowest BCUT2D eigenvalue weighted by atomic mass is 9.98. The van der Waals surface area contributed by atoms with Crippen LogP contribution in [0, 0.1) is 13.8 Å². The third kappa shape index (κ3) is 5.55. The van der Waals surface area contributed by atoms with Gasteiger partial charge in [-0.15, -0.1) is 0 Å². The van der Waals surface area contributed by atoms with E-state index < -0.39 is 0 Å². The van der Waals surface area contributed by atoms with Gasteiger partial charge in [-0.1, -0.05) is 86.6 Å². The minimum absolute atomic E-state index is 0.299. The highest BCUT2D eigenvalue weighted by molar-refractivity contribution is 6.10. The Hall–Kier alpha value is -7.44. The Morgan fingerprint density at radius 1 is 0.525 bits per heavy atom. The molecule has 8 aromatic carbocycles. The summed E-state index contributed by atoms with van der Waals surface area (Å²) in [5, 5.41) is 2.08. The first-order valence-electron chi connectivity index (χ1n) is 20.2. The van der Waals surface area contributed by atoms with Gasteiger partial charge in [-0.25, -0.2) is 0 Å². The summed E-state index contributed by atoms with van der Waals surface area (Å²) in [6.45, 7) is 8.73. The average Bonchev–Trinajstić information content (AvgIpc) is 3.63. The van der Waals surface area contributed by atoms with E-state index in [9.17, 15) is 0 Å². The van der Waals surface area contributed by atoms with Gasteiger partial charge in [-0.3, -0.25) is 4.90 Å². The zero-order chi connectivity index (χ0) is 39.8. The molecular weight excluding hydrogens is 727 g/mol. The molecule has 11 rings (SSSR count). The molecule has 0 amide bonds. The molecule has 0 atom stereocenters. The van der Waals surface area contributed by atoms with Crippen LogP contribution < -0.4 is 24.2 Å². The van der Waals surface area contributed by atoms with E-state index in [1.807, 2.05) is 30.3 Å². The number of fused-ring (bicyclic) bond motifs is 7. The minimum atomic E-state index is 0.299. The smallest absolute Gasteiger partial charge is 0.153 e. The van der Waals surface area contributed by atoms with E-state index in [0.717, 1.165) is 107 Å². The zero-order valence-corrected chi connectivity index (χ0v) is 33.3. The van der Waals surface area contributed by atoms with Crippen LogP contribution in [-0.2, 0) is 0 Å². The number of anilines is 9. The van der Waals surface area contributed by atoms with Gasteiger partial charge < -0.3 is 23.7 Å². The molecule has 0 radical (unpaired) electrons. The largest absolute Gasteiger partial charge is 0.457 e. The topological polar surface area (TPSA) is 41.3 Å². The first-order chi connectivity index (χ1) is 28.9. The maximum atomic E-state index is 6.60. The Labute approximate surface area is 343 Å². The van der Waals surface area contributed by atoms with Gasteiger partial charge in [0.15, 0.2) is 11.5 Å². The average molecular weight is 768 g/mol. The van der Waals surface area contributed by atoms with Gasteiger partial charge in [0.25, 0.3) is 0 Å². The van der Waals surface area contributed by atoms with Crippen LogP contribution in [0.2, 0.25) is 0 Å². The summed E-state index contributed by atoms with van der Waals surface area (Å²) in [4.78, 5) is 7.06. The van der Waals surface area contributed by atoms with Gasteiger partial charge in [-0.2, -0.15) is 0 Å². The highest BCUT2D eigenvalue weighted by atomic mass is 16.5. The number of hydrogen-bond donors (Lipinski definition) is 0. The number of hydrogen-bond acceptors (Lipinski definition) is 6. The number of nitrogens with zero attached hydrogens (tertiary/aromatic N) is 3. The van der Waals surface area contributed by atoms with Gasteiger partial charge in [0.1, 0.15) is 28.4 Å². The third-order valence-corrected chi connectivity index (χ3v) is 11.7. The van der Waals surface area contributed by atoms with Gasteiger partial charge >= 0.3 is 0 Å². The number of aryl methyl sites for hydroxylation is 1. The molecule has 0 N–H and O–H groups in total. The molecule has 0 aliphatic carbocycles. The molecule has 286 valence electrons. The normalized spacial score (nSPS) is 12.6. The van der Waals surface area contributed by atoms with Crippen molar-refractivity contribution in [1.82, 2.24) is 0 Å². The lowest BCUT2D eigenvalue weighted by Crippen LogP contribution is -2.26. The first kappa shape index (κ1) is 34.8. The Morgan fingerprint density at radius 2 is 1.15 bits per heavy atom. The summed E-state index contributed by atoms with van der Waals surface area (Å²) in [7, 11) is 0. The predicted molar refractivity (Wildman–Crippen MR) is 241 cm³/mol. The van der Waals surface area contributed by atoms with Crippen LogP contribution in [0.25, 0.3) is 21.9 Å². The fraction of sp³-hybridized carbons (Fsp3) is 0.0943. The molecule has 0 bridgehead atoms. The maximum absolute atomic E-state index is 6.60. The predicted octanol–water partition coefficient (Wildman–Crippen LogP) is 15.9. The molecule has 0 unspecified atom stereocenters. The van der Waals surface area contributed by atoms with E-state index in [2.05, 4.69) is 182 Å². The van der Waals surface area contributed by atoms with Crippen molar-refractivity contribution in [1.29, 1.82) is 0 Å². The molecule has 0 saturated heterocycles. The van der Waals surface area contributed by atoms with Crippen LogP contribution in [0.1, 0.15) is 36.5 Å². The molecule has 0 fully saturated rings. The van der Waals surface area contributed by atoms with Gasteiger partial charge in [0.2, 0.25) is 0 Å². The van der Waals surface area contributed by atoms with E-state index in [1.54, 1.807) is 0 Å². The van der Waals surface area contributed by atoms with E-state index >= 15 is 0 Å². The van der Waals surface area contributed by atoms with Crippen LogP contribution >= 0.6 is 0 Å². The first-order valence-corrected chi connectivity index (χ1v) is 20.2. The van der Waals surface area contributed by atoms with Crippen molar-refractivity contribution in [2.45, 2.75) is 33.6 Å². The molecule has 0 saturated carbocycles. The van der Waals surface area contributed by atoms with Crippen molar-refractivity contribution in [3.05, 3.63) is 187 Å². The van der Waals surface area contributed by atoms with Crippen LogP contribution in [0.15, 0.2) is 174 Å². The fourth-order valence-corrected chi connectivity index (χ4v) is 8.83. The number of furan rings is 1. The summed E-state index contributed by atoms with van der Waals surface area (Å²) in [6.07, 6.45) is 0. The maximum Gasteiger partial charge on any atom is 0.153 e. The van der Waals surface area contributed by atoms with Crippen LogP contribution in [0.3, 0.4) is 0 Å². The molecule has 9 aromatic rings. The van der Waals surface area contributed by atoms with Gasteiger partial charge in [-0.05, 0) is 128 Å². The Kier molecular flexibility index (Phi) is 8.02. The van der Waals surface area contributed by atoms with Crippen molar-refractivity contribution >= 4 is 73.1 Å². The summed E-state index contributed by atoms with van der Waals surface area (Å²) >= 11 is 0. The summed E-state index contributed by atoms with van der Waals surface area (Å²) in [5.74, 6) is 3.63. The van der Waals surface area contributed by atoms with Crippen LogP contribution in [0.5, 0.6) is 23.0 Å². The SMILES string of the molecule is Cc1ccccc1Oc1cccc(N(c2ccc3oc4ccc(N5c6ccccc6N6c7ccccc7Oc7cccc5c76)cc4c3c2)c2ccccc2C(C)C)c1C. The molecule has 2 aliphatic rings. The highest BCUT2D eigenvalue weighted by Gasteiger charge is 2.37. The standard InChI is InChI=1S/C53H41N3O3/c1-33(2)38-16-6-7-17-42(38)54(41-21-13-25-48(35(41)4)57-47-23-11-5-15-34(47)3)36-27-29-49-39(31-36)40-32-37(28-30-50(40)58-49)55-43-18-8-9-19-44(43)56-45-20-10-12-24-51(45)59-52-26-14-22-46(55)53(52)56/h5-33H,1-4H3. The van der Waals surface area contributed by atoms with Crippen molar-refractivity contribution < 1.29 is 13.9 Å². The number of benzene rings is 8. The van der Waals surface area contributed by atoms with Crippen LogP contribution in [-0.4, -0.2) is 0 Å². The second-order valence-electron chi connectivity index (χ2n) is 15.6. The van der Waals surface area contributed by atoms with Crippen LogP contribution in [0.4, 0.5) is 51.2 Å². The molecule has 6 heteroatoms. The summed E-state index contributed by atoms with van der Waals surface area (Å²) < 4.78 is 19.7. The molecular formula is C53H41N3O3. The minimum Gasteiger partial charge on any atom is -0.457 e. The van der Waals surface area contributed by atoms with E-state index in [4.69, 9.17) is 13.9 Å². The second kappa shape index (κ2) is 13.6. The number of rotatable bonds is 7. The Morgan fingerprint density at radius 3 is 1.98 bits per heavy atom. The Balaban J connectivity index is 1.08. The quantitative estimate of drug-likeness (QED) is 0.161. The van der Waals surface area contributed by atoms with E-state index in [0.29, 0.717) is 5.92 Å². The fourth-order valence-electron chi connectivity index (χ4n) is 8.83. The molecule has 3 heterocycles. The summed E-state index contributed by atoms with van der Waals surface area (Å²) in [6, 6.07) is 59.4. The van der Waals surface area contributed by atoms with E-state index in [1.165, 1.54) is 5.56 Å². The van der Waals surface area contributed by atoms with Crippen molar-refractivity contribution in [2.75, 3.05) is 14.7 Å². The molecule has 1 aromatic heterocycles. The lowest BCUT2D eigenvalue weighted by Gasteiger charge is -2.43.